The van der Waals surface area contributed by atoms with E-state index < -0.39 is 0 Å². The molecule has 3 heteroatoms. The molecule has 1 nitrogen and oxygen atoms in total. The predicted molar refractivity (Wildman–Crippen MR) is 117 cm³/mol. The van der Waals surface area contributed by atoms with Gasteiger partial charge in [0.15, 0.2) is 0 Å². The standard InChI is InChI=1S/C23H17Br2N/c1-23(18-5-3-2-4-6-18)21(16-7-11-19(24)12-8-16)15-26-22(23)17-9-13-20(25)14-10-17/h2-15H,1H3. The van der Waals surface area contributed by atoms with Crippen molar-refractivity contribution in [3.05, 3.63) is 111 Å². The highest BCUT2D eigenvalue weighted by Crippen LogP contribution is 2.45. The number of hydrogen-bond acceptors (Lipinski definition) is 1. The van der Waals surface area contributed by atoms with Gasteiger partial charge in [-0.3, -0.25) is 4.99 Å². The van der Waals surface area contributed by atoms with Crippen molar-refractivity contribution in [1.29, 1.82) is 0 Å². The summed E-state index contributed by atoms with van der Waals surface area (Å²) in [5.41, 5.74) is 5.57. The number of allylic oxidation sites excluding steroid dienone is 1. The van der Waals surface area contributed by atoms with Gasteiger partial charge in [0.2, 0.25) is 0 Å². The summed E-state index contributed by atoms with van der Waals surface area (Å²) in [6.45, 7) is 2.27. The lowest BCUT2D eigenvalue weighted by molar-refractivity contribution is 0.846. The average Bonchev–Trinajstić information content (AvgIpc) is 3.02. The molecule has 0 fully saturated rings. The summed E-state index contributed by atoms with van der Waals surface area (Å²) in [4.78, 5) is 4.87. The van der Waals surface area contributed by atoms with Crippen LogP contribution in [-0.4, -0.2) is 5.71 Å². The lowest BCUT2D eigenvalue weighted by atomic mass is 9.70. The average molecular weight is 467 g/mol. The van der Waals surface area contributed by atoms with E-state index in [1.54, 1.807) is 0 Å². The second-order valence-corrected chi connectivity index (χ2v) is 8.36. The molecule has 0 bridgehead atoms. The molecule has 1 aliphatic heterocycles. The maximum Gasteiger partial charge on any atom is 0.0623 e. The Kier molecular flexibility index (Phi) is 4.68. The van der Waals surface area contributed by atoms with Crippen LogP contribution in [0.2, 0.25) is 0 Å². The van der Waals surface area contributed by atoms with Gasteiger partial charge in [0.05, 0.1) is 11.1 Å². The number of rotatable bonds is 3. The molecule has 0 amide bonds. The first-order valence-electron chi connectivity index (χ1n) is 8.45. The Balaban J connectivity index is 1.87. The first-order valence-corrected chi connectivity index (χ1v) is 10.0. The normalized spacial score (nSPS) is 19.2. The summed E-state index contributed by atoms with van der Waals surface area (Å²) in [7, 11) is 0. The van der Waals surface area contributed by atoms with Crippen LogP contribution in [-0.2, 0) is 5.41 Å². The van der Waals surface area contributed by atoms with E-state index in [0.29, 0.717) is 0 Å². The van der Waals surface area contributed by atoms with Crippen LogP contribution in [0, 0.1) is 0 Å². The zero-order valence-electron chi connectivity index (χ0n) is 14.3. The molecule has 0 radical (unpaired) electrons. The number of aliphatic imine (C=N–C) groups is 1. The van der Waals surface area contributed by atoms with Crippen molar-refractivity contribution >= 4 is 43.1 Å². The van der Waals surface area contributed by atoms with Gasteiger partial charge in [0.25, 0.3) is 0 Å². The first-order chi connectivity index (χ1) is 12.6. The second kappa shape index (κ2) is 6.98. The van der Waals surface area contributed by atoms with Crippen molar-refractivity contribution in [2.75, 3.05) is 0 Å². The van der Waals surface area contributed by atoms with Crippen molar-refractivity contribution in [3.63, 3.8) is 0 Å². The van der Waals surface area contributed by atoms with Crippen LogP contribution < -0.4 is 0 Å². The van der Waals surface area contributed by atoms with Gasteiger partial charge in [-0.1, -0.05) is 86.5 Å². The summed E-state index contributed by atoms with van der Waals surface area (Å²) < 4.78 is 2.15. The smallest absolute Gasteiger partial charge is 0.0623 e. The Morgan fingerprint density at radius 2 is 1.23 bits per heavy atom. The van der Waals surface area contributed by atoms with Gasteiger partial charge in [-0.2, -0.15) is 0 Å². The number of hydrogen-bond donors (Lipinski definition) is 0. The molecule has 3 aromatic carbocycles. The number of halogens is 2. The molecular formula is C23H17Br2N. The van der Waals surface area contributed by atoms with Crippen LogP contribution in [0.5, 0.6) is 0 Å². The van der Waals surface area contributed by atoms with E-state index >= 15 is 0 Å². The third kappa shape index (κ3) is 3.00. The Morgan fingerprint density at radius 1 is 0.692 bits per heavy atom. The Bertz CT molecular complexity index is 923. The van der Waals surface area contributed by atoms with E-state index in [4.69, 9.17) is 4.99 Å². The maximum atomic E-state index is 4.87. The van der Waals surface area contributed by atoms with Crippen LogP contribution in [0.3, 0.4) is 0 Å². The monoisotopic (exact) mass is 465 g/mol. The van der Waals surface area contributed by atoms with Crippen molar-refractivity contribution in [3.8, 4) is 0 Å². The fraction of sp³-hybridized carbons (Fsp3) is 0.0870. The minimum Gasteiger partial charge on any atom is -0.259 e. The predicted octanol–water partition coefficient (Wildman–Crippen LogP) is 7.01. The lowest BCUT2D eigenvalue weighted by Crippen LogP contribution is -2.32. The molecule has 0 saturated heterocycles. The fourth-order valence-electron chi connectivity index (χ4n) is 3.54. The molecule has 1 atom stereocenters. The molecule has 1 heterocycles. The first kappa shape index (κ1) is 17.4. The van der Waals surface area contributed by atoms with Crippen LogP contribution in [0.15, 0.2) is 99.0 Å². The Hall–Kier alpha value is -1.97. The van der Waals surface area contributed by atoms with Crippen LogP contribution in [0.4, 0.5) is 0 Å². The Labute approximate surface area is 170 Å². The molecule has 0 N–H and O–H groups in total. The van der Waals surface area contributed by atoms with Crippen molar-refractivity contribution in [2.24, 2.45) is 4.99 Å². The van der Waals surface area contributed by atoms with E-state index in [2.05, 4.69) is 118 Å². The molecule has 0 saturated carbocycles. The van der Waals surface area contributed by atoms with Crippen molar-refractivity contribution in [2.45, 2.75) is 12.3 Å². The molecule has 0 spiro atoms. The zero-order chi connectivity index (χ0) is 18.1. The number of nitrogens with zero attached hydrogens (tertiary/aromatic N) is 1. The quantitative estimate of drug-likeness (QED) is 0.393. The third-order valence-electron chi connectivity index (χ3n) is 4.96. The zero-order valence-corrected chi connectivity index (χ0v) is 17.5. The number of benzene rings is 3. The highest BCUT2D eigenvalue weighted by molar-refractivity contribution is 9.10. The molecule has 26 heavy (non-hydrogen) atoms. The summed E-state index contributed by atoms with van der Waals surface area (Å²) in [6, 6.07) is 27.5. The molecular weight excluding hydrogens is 450 g/mol. The van der Waals surface area contributed by atoms with E-state index in [-0.39, 0.29) is 5.41 Å². The highest BCUT2D eigenvalue weighted by Gasteiger charge is 2.40. The fourth-order valence-corrected chi connectivity index (χ4v) is 4.07. The van der Waals surface area contributed by atoms with Crippen molar-refractivity contribution in [1.82, 2.24) is 0 Å². The van der Waals surface area contributed by atoms with Gasteiger partial charge < -0.3 is 0 Å². The van der Waals surface area contributed by atoms with Gasteiger partial charge in [-0.05, 0) is 53.5 Å². The summed E-state index contributed by atoms with van der Waals surface area (Å²) in [6.07, 6.45) is 2.02. The topological polar surface area (TPSA) is 12.4 Å². The van der Waals surface area contributed by atoms with Crippen LogP contribution in [0.1, 0.15) is 23.6 Å². The largest absolute Gasteiger partial charge is 0.259 e. The summed E-state index contributed by atoms with van der Waals surface area (Å²) in [5.74, 6) is 0. The van der Waals surface area contributed by atoms with Gasteiger partial charge in [-0.15, -0.1) is 0 Å². The van der Waals surface area contributed by atoms with Gasteiger partial charge in [0, 0.05) is 15.1 Å². The molecule has 128 valence electrons. The Morgan fingerprint density at radius 3 is 1.81 bits per heavy atom. The van der Waals surface area contributed by atoms with Crippen molar-refractivity contribution < 1.29 is 0 Å². The third-order valence-corrected chi connectivity index (χ3v) is 6.02. The van der Waals surface area contributed by atoms with Crippen LogP contribution in [0.25, 0.3) is 5.57 Å². The molecule has 3 aromatic rings. The molecule has 1 unspecified atom stereocenters. The van der Waals surface area contributed by atoms with Gasteiger partial charge >= 0.3 is 0 Å². The summed E-state index contributed by atoms with van der Waals surface area (Å²) >= 11 is 7.06. The molecule has 4 rings (SSSR count). The van der Waals surface area contributed by atoms with E-state index in [1.165, 1.54) is 16.7 Å². The second-order valence-electron chi connectivity index (χ2n) is 6.53. The van der Waals surface area contributed by atoms with E-state index in [0.717, 1.165) is 20.2 Å². The molecule has 0 aromatic heterocycles. The SMILES string of the molecule is CC1(c2ccccc2)C(c2ccc(Br)cc2)=CN=C1c1ccc(Br)cc1. The van der Waals surface area contributed by atoms with Gasteiger partial charge in [-0.25, -0.2) is 0 Å². The van der Waals surface area contributed by atoms with Gasteiger partial charge in [0.1, 0.15) is 0 Å². The van der Waals surface area contributed by atoms with E-state index in [1.807, 2.05) is 6.20 Å². The molecule has 1 aliphatic rings. The maximum absolute atomic E-state index is 4.87. The minimum atomic E-state index is -0.303. The highest BCUT2D eigenvalue weighted by atomic mass is 79.9. The summed E-state index contributed by atoms with van der Waals surface area (Å²) in [5, 5.41) is 0. The minimum absolute atomic E-state index is 0.303. The molecule has 0 aliphatic carbocycles. The lowest BCUT2D eigenvalue weighted by Gasteiger charge is -2.31. The van der Waals surface area contributed by atoms with E-state index in [9.17, 15) is 0 Å². The van der Waals surface area contributed by atoms with Crippen LogP contribution >= 0.6 is 31.9 Å².